The lowest BCUT2D eigenvalue weighted by atomic mass is 9.84. The third-order valence-corrected chi connectivity index (χ3v) is 5.18. The minimum Gasteiger partial charge on any atom is -0.312 e. The molecule has 5 heteroatoms. The van der Waals surface area contributed by atoms with Crippen molar-refractivity contribution in [2.45, 2.75) is 56.9 Å². The maximum atomic E-state index is 12.6. The van der Waals surface area contributed by atoms with E-state index in [0.29, 0.717) is 12.5 Å². The summed E-state index contributed by atoms with van der Waals surface area (Å²) < 4.78 is 37.8. The summed E-state index contributed by atoms with van der Waals surface area (Å²) in [5.74, 6) is 0.661. The van der Waals surface area contributed by atoms with E-state index in [4.69, 9.17) is 5.73 Å². The first kappa shape index (κ1) is 18.9. The lowest BCUT2D eigenvalue weighted by molar-refractivity contribution is -0.137. The van der Waals surface area contributed by atoms with E-state index in [0.717, 1.165) is 23.3 Å². The predicted octanol–water partition coefficient (Wildman–Crippen LogP) is 5.50. The zero-order chi connectivity index (χ0) is 18.6. The Bertz CT molecular complexity index is 687. The molecule has 0 aliphatic heterocycles. The highest BCUT2D eigenvalue weighted by atomic mass is 19.4. The Morgan fingerprint density at radius 3 is 2.12 bits per heavy atom. The molecule has 0 heterocycles. The molecule has 3 rings (SSSR count). The van der Waals surface area contributed by atoms with Crippen molar-refractivity contribution in [2.75, 3.05) is 0 Å². The van der Waals surface area contributed by atoms with Gasteiger partial charge in [0.05, 0.1) is 11.7 Å². The van der Waals surface area contributed by atoms with Gasteiger partial charge in [0, 0.05) is 6.54 Å². The van der Waals surface area contributed by atoms with Crippen molar-refractivity contribution in [1.82, 2.24) is 5.32 Å². The topological polar surface area (TPSA) is 38.0 Å². The van der Waals surface area contributed by atoms with E-state index in [9.17, 15) is 13.2 Å². The van der Waals surface area contributed by atoms with Crippen LogP contribution in [0.25, 0.3) is 0 Å². The molecule has 1 unspecified atom stereocenters. The molecular weight excluding hydrogens is 337 g/mol. The van der Waals surface area contributed by atoms with Crippen LogP contribution < -0.4 is 11.1 Å². The molecule has 140 valence electrons. The fourth-order valence-corrected chi connectivity index (χ4v) is 3.57. The lowest BCUT2D eigenvalue weighted by Crippen LogP contribution is -2.28. The van der Waals surface area contributed by atoms with E-state index >= 15 is 0 Å². The molecule has 1 fully saturated rings. The summed E-state index contributed by atoms with van der Waals surface area (Å²) in [5, 5.41) is 3.17. The monoisotopic (exact) mass is 362 g/mol. The van der Waals surface area contributed by atoms with Gasteiger partial charge in [-0.15, -0.1) is 0 Å². The van der Waals surface area contributed by atoms with Crippen molar-refractivity contribution in [3.8, 4) is 0 Å². The summed E-state index contributed by atoms with van der Waals surface area (Å²) in [6, 6.07) is 13.6. The lowest BCUT2D eigenvalue weighted by Gasteiger charge is -2.22. The van der Waals surface area contributed by atoms with Crippen LogP contribution >= 0.6 is 0 Å². The van der Waals surface area contributed by atoms with Crippen molar-refractivity contribution in [1.29, 1.82) is 0 Å². The summed E-state index contributed by atoms with van der Waals surface area (Å²) >= 11 is 0. The molecule has 2 aromatic rings. The molecule has 0 radical (unpaired) electrons. The summed E-state index contributed by atoms with van der Waals surface area (Å²) in [7, 11) is 0. The van der Waals surface area contributed by atoms with Gasteiger partial charge < -0.3 is 5.73 Å². The number of hydrogen-bond acceptors (Lipinski definition) is 2. The molecule has 3 N–H and O–H groups in total. The van der Waals surface area contributed by atoms with E-state index < -0.39 is 11.7 Å². The van der Waals surface area contributed by atoms with Crippen molar-refractivity contribution in [3.63, 3.8) is 0 Å². The zero-order valence-corrected chi connectivity index (χ0v) is 14.7. The van der Waals surface area contributed by atoms with Crippen LogP contribution in [0.4, 0.5) is 13.2 Å². The molecule has 1 aliphatic rings. The minimum absolute atomic E-state index is 0.349. The van der Waals surface area contributed by atoms with Gasteiger partial charge in [-0.3, -0.25) is 5.32 Å². The normalized spacial score (nSPS) is 17.2. The van der Waals surface area contributed by atoms with E-state index in [2.05, 4.69) is 17.4 Å². The molecule has 2 nitrogen and oxygen atoms in total. The molecule has 1 aliphatic carbocycles. The van der Waals surface area contributed by atoms with E-state index in [1.165, 1.54) is 49.8 Å². The molecule has 1 atom stereocenters. The Hall–Kier alpha value is -1.85. The van der Waals surface area contributed by atoms with Crippen molar-refractivity contribution in [3.05, 3.63) is 70.8 Å². The summed E-state index contributed by atoms with van der Waals surface area (Å²) in [5.41, 5.74) is 8.68. The highest BCUT2D eigenvalue weighted by Gasteiger charge is 2.29. The first-order valence-electron chi connectivity index (χ1n) is 9.18. The largest absolute Gasteiger partial charge is 0.416 e. The third kappa shape index (κ3) is 4.86. The smallest absolute Gasteiger partial charge is 0.312 e. The van der Waals surface area contributed by atoms with Gasteiger partial charge in [-0.05, 0) is 47.6 Å². The van der Waals surface area contributed by atoms with Crippen LogP contribution in [0.3, 0.4) is 0 Å². The van der Waals surface area contributed by atoms with Crippen LogP contribution in [-0.4, -0.2) is 0 Å². The zero-order valence-electron chi connectivity index (χ0n) is 14.7. The highest BCUT2D eigenvalue weighted by molar-refractivity contribution is 5.28. The molecule has 0 amide bonds. The number of halogens is 3. The fourth-order valence-electron chi connectivity index (χ4n) is 3.57. The maximum absolute atomic E-state index is 12.6. The molecule has 0 saturated heterocycles. The van der Waals surface area contributed by atoms with Gasteiger partial charge in [-0.2, -0.15) is 13.2 Å². The van der Waals surface area contributed by atoms with E-state index in [1.807, 2.05) is 12.1 Å². The Balaban J connectivity index is 1.55. The Morgan fingerprint density at radius 2 is 1.54 bits per heavy atom. The standard InChI is InChI=1S/C21H25F3N2/c22-21(23,24)19-12-6-15(7-13-19)14-26-20(25)18-10-8-17(9-11-18)16-4-2-1-3-5-16/h6-13,16,20,26H,1-5,14,25H2. The highest BCUT2D eigenvalue weighted by Crippen LogP contribution is 2.33. The van der Waals surface area contributed by atoms with Gasteiger partial charge in [0.15, 0.2) is 0 Å². The van der Waals surface area contributed by atoms with Crippen LogP contribution in [0.1, 0.15) is 66.4 Å². The van der Waals surface area contributed by atoms with Crippen molar-refractivity contribution >= 4 is 0 Å². The fraction of sp³-hybridized carbons (Fsp3) is 0.429. The molecular formula is C21H25F3N2. The van der Waals surface area contributed by atoms with Crippen LogP contribution in [0.5, 0.6) is 0 Å². The molecule has 1 saturated carbocycles. The average molecular weight is 362 g/mol. The van der Waals surface area contributed by atoms with E-state index in [-0.39, 0.29) is 6.17 Å². The molecule has 2 aromatic carbocycles. The summed E-state index contributed by atoms with van der Waals surface area (Å²) in [6.45, 7) is 0.420. The van der Waals surface area contributed by atoms with Gasteiger partial charge in [-0.1, -0.05) is 55.7 Å². The predicted molar refractivity (Wildman–Crippen MR) is 97.5 cm³/mol. The van der Waals surface area contributed by atoms with Crippen molar-refractivity contribution in [2.24, 2.45) is 5.73 Å². The average Bonchev–Trinajstić information content (AvgIpc) is 2.66. The summed E-state index contributed by atoms with van der Waals surface area (Å²) in [4.78, 5) is 0. The van der Waals surface area contributed by atoms with Gasteiger partial charge in [0.25, 0.3) is 0 Å². The van der Waals surface area contributed by atoms with Crippen molar-refractivity contribution < 1.29 is 13.2 Å². The number of rotatable bonds is 5. The number of nitrogens with one attached hydrogen (secondary N) is 1. The number of benzene rings is 2. The first-order valence-corrected chi connectivity index (χ1v) is 9.18. The molecule has 26 heavy (non-hydrogen) atoms. The van der Waals surface area contributed by atoms with Gasteiger partial charge in [0.2, 0.25) is 0 Å². The molecule has 0 bridgehead atoms. The third-order valence-electron chi connectivity index (χ3n) is 5.18. The van der Waals surface area contributed by atoms with Crippen LogP contribution in [-0.2, 0) is 12.7 Å². The Kier molecular flexibility index (Phi) is 5.99. The Morgan fingerprint density at radius 1 is 0.923 bits per heavy atom. The second-order valence-electron chi connectivity index (χ2n) is 7.05. The number of nitrogens with two attached hydrogens (primary N) is 1. The molecule has 0 spiro atoms. The SMILES string of the molecule is NC(NCc1ccc(C(F)(F)F)cc1)c1ccc(C2CCCCC2)cc1. The maximum Gasteiger partial charge on any atom is 0.416 e. The summed E-state index contributed by atoms with van der Waals surface area (Å²) in [6.07, 6.45) is 1.82. The van der Waals surface area contributed by atoms with E-state index in [1.54, 1.807) is 0 Å². The number of alkyl halides is 3. The second kappa shape index (κ2) is 8.23. The Labute approximate surface area is 152 Å². The first-order chi connectivity index (χ1) is 12.4. The van der Waals surface area contributed by atoms with Gasteiger partial charge in [-0.25, -0.2) is 0 Å². The second-order valence-corrected chi connectivity index (χ2v) is 7.05. The molecule has 0 aromatic heterocycles. The van der Waals surface area contributed by atoms with Crippen LogP contribution in [0.2, 0.25) is 0 Å². The quantitative estimate of drug-likeness (QED) is 0.689. The van der Waals surface area contributed by atoms with Gasteiger partial charge in [0.1, 0.15) is 0 Å². The minimum atomic E-state index is -4.30. The number of hydrogen-bond donors (Lipinski definition) is 2. The van der Waals surface area contributed by atoms with Crippen LogP contribution in [0, 0.1) is 0 Å². The van der Waals surface area contributed by atoms with Gasteiger partial charge >= 0.3 is 6.18 Å². The van der Waals surface area contributed by atoms with Crippen LogP contribution in [0.15, 0.2) is 48.5 Å².